The van der Waals surface area contributed by atoms with Crippen LogP contribution < -0.4 is 5.32 Å². The van der Waals surface area contributed by atoms with E-state index < -0.39 is 0 Å². The van der Waals surface area contributed by atoms with Crippen LogP contribution in [0.25, 0.3) is 0 Å². The van der Waals surface area contributed by atoms with Gasteiger partial charge in [0.15, 0.2) is 0 Å². The molecule has 0 aliphatic carbocycles. The maximum Gasteiger partial charge on any atom is 0.0640 e. The second-order valence-electron chi connectivity index (χ2n) is 4.76. The smallest absolute Gasteiger partial charge is 0.0640 e. The lowest BCUT2D eigenvalue weighted by Crippen LogP contribution is -2.31. The van der Waals surface area contributed by atoms with Gasteiger partial charge in [-0.2, -0.15) is 5.10 Å². The highest BCUT2D eigenvalue weighted by molar-refractivity contribution is 5.03. The second-order valence-corrected chi connectivity index (χ2v) is 4.76. The van der Waals surface area contributed by atoms with Crippen LogP contribution in [0.15, 0.2) is 12.4 Å². The molecule has 0 atom stereocenters. The van der Waals surface area contributed by atoms with Crippen LogP contribution in [0.3, 0.4) is 0 Å². The van der Waals surface area contributed by atoms with Gasteiger partial charge in [0.05, 0.1) is 19.3 Å². The Hall–Kier alpha value is -0.910. The number of aromatic nitrogens is 2. The zero-order valence-corrected chi connectivity index (χ0v) is 9.98. The molecular weight excluding hydrogens is 206 g/mol. The third-order valence-corrected chi connectivity index (χ3v) is 2.38. The Kier molecular flexibility index (Phi) is 4.92. The monoisotopic (exact) mass is 227 g/mol. The summed E-state index contributed by atoms with van der Waals surface area (Å²) in [7, 11) is 0. The first-order chi connectivity index (χ1) is 7.57. The quantitative estimate of drug-likeness (QED) is 0.612. The zero-order valence-electron chi connectivity index (χ0n) is 9.98. The molecule has 0 unspecified atom stereocenters. The van der Waals surface area contributed by atoms with Gasteiger partial charge in [0.1, 0.15) is 0 Å². The van der Waals surface area contributed by atoms with Gasteiger partial charge in [-0.15, -0.1) is 0 Å². The Balaban J connectivity index is 2.31. The van der Waals surface area contributed by atoms with Crippen LogP contribution in [0.1, 0.15) is 19.4 Å². The van der Waals surface area contributed by atoms with Gasteiger partial charge in [-0.3, -0.25) is 4.68 Å². The molecular formula is C11H21N3O2. The van der Waals surface area contributed by atoms with Crippen molar-refractivity contribution in [1.82, 2.24) is 15.1 Å². The van der Waals surface area contributed by atoms with Crippen LogP contribution in [-0.4, -0.2) is 39.8 Å². The van der Waals surface area contributed by atoms with Crippen molar-refractivity contribution in [2.45, 2.75) is 26.9 Å². The van der Waals surface area contributed by atoms with E-state index in [1.54, 1.807) is 10.9 Å². The maximum atomic E-state index is 9.08. The molecule has 5 heteroatoms. The van der Waals surface area contributed by atoms with Crippen molar-refractivity contribution < 1.29 is 10.2 Å². The molecule has 0 amide bonds. The minimum Gasteiger partial charge on any atom is -0.396 e. The predicted molar refractivity (Wildman–Crippen MR) is 61.9 cm³/mol. The van der Waals surface area contributed by atoms with E-state index in [0.29, 0.717) is 6.54 Å². The highest BCUT2D eigenvalue weighted by Gasteiger charge is 2.15. The van der Waals surface area contributed by atoms with E-state index in [4.69, 9.17) is 10.2 Å². The average Bonchev–Trinajstić information content (AvgIpc) is 2.66. The molecule has 0 aliphatic rings. The zero-order chi connectivity index (χ0) is 12.0. The SMILES string of the molecule is CC(C)(CO)CNCc1cnn(CCO)c1. The average molecular weight is 227 g/mol. The lowest BCUT2D eigenvalue weighted by atomic mass is 9.95. The molecule has 1 heterocycles. The Labute approximate surface area is 96.1 Å². The van der Waals surface area contributed by atoms with Gasteiger partial charge in [-0.25, -0.2) is 0 Å². The highest BCUT2D eigenvalue weighted by Crippen LogP contribution is 2.11. The van der Waals surface area contributed by atoms with Gasteiger partial charge in [-0.05, 0) is 0 Å². The summed E-state index contributed by atoms with van der Waals surface area (Å²) >= 11 is 0. The molecule has 0 radical (unpaired) electrons. The summed E-state index contributed by atoms with van der Waals surface area (Å²) in [5.41, 5.74) is 0.989. The van der Waals surface area contributed by atoms with Crippen LogP contribution >= 0.6 is 0 Å². The van der Waals surface area contributed by atoms with Crippen LogP contribution in [-0.2, 0) is 13.1 Å². The molecule has 0 spiro atoms. The van der Waals surface area contributed by atoms with Gasteiger partial charge in [0.25, 0.3) is 0 Å². The minimum absolute atomic E-state index is 0.0961. The molecule has 1 aromatic heterocycles. The van der Waals surface area contributed by atoms with Gasteiger partial charge in [0.2, 0.25) is 0 Å². The van der Waals surface area contributed by atoms with Crippen LogP contribution in [0, 0.1) is 5.41 Å². The normalized spacial score (nSPS) is 12.0. The second kappa shape index (κ2) is 5.98. The van der Waals surface area contributed by atoms with E-state index in [1.807, 2.05) is 20.0 Å². The number of rotatable bonds is 7. The van der Waals surface area contributed by atoms with Crippen molar-refractivity contribution in [3.8, 4) is 0 Å². The fraction of sp³-hybridized carbons (Fsp3) is 0.727. The van der Waals surface area contributed by atoms with Gasteiger partial charge < -0.3 is 15.5 Å². The van der Waals surface area contributed by atoms with E-state index in [2.05, 4.69) is 10.4 Å². The molecule has 92 valence electrons. The Morgan fingerprint density at radius 1 is 1.44 bits per heavy atom. The van der Waals surface area contributed by atoms with Crippen LogP contribution in [0.5, 0.6) is 0 Å². The van der Waals surface area contributed by atoms with Crippen LogP contribution in [0.2, 0.25) is 0 Å². The summed E-state index contributed by atoms with van der Waals surface area (Å²) in [6.07, 6.45) is 3.70. The van der Waals surface area contributed by atoms with Gasteiger partial charge in [-0.1, -0.05) is 13.8 Å². The van der Waals surface area contributed by atoms with Crippen molar-refractivity contribution in [2.75, 3.05) is 19.8 Å². The predicted octanol–water partition coefficient (Wildman–Crippen LogP) is -0.0165. The summed E-state index contributed by atoms with van der Waals surface area (Å²) in [6, 6.07) is 0. The number of hydrogen-bond donors (Lipinski definition) is 3. The number of nitrogens with one attached hydrogen (secondary N) is 1. The summed E-state index contributed by atoms with van der Waals surface area (Å²) in [6.45, 7) is 6.31. The lowest BCUT2D eigenvalue weighted by molar-refractivity contribution is 0.156. The van der Waals surface area contributed by atoms with E-state index in [1.165, 1.54) is 0 Å². The van der Waals surface area contributed by atoms with E-state index in [9.17, 15) is 0 Å². The number of hydrogen-bond acceptors (Lipinski definition) is 4. The third kappa shape index (κ3) is 4.30. The Morgan fingerprint density at radius 2 is 2.19 bits per heavy atom. The standard InChI is InChI=1S/C11H21N3O2/c1-11(2,9-16)8-12-5-10-6-13-14(7-10)3-4-15/h6-7,12,15-16H,3-5,8-9H2,1-2H3. The Morgan fingerprint density at radius 3 is 2.81 bits per heavy atom. The first-order valence-corrected chi connectivity index (χ1v) is 5.51. The molecule has 1 aromatic rings. The van der Waals surface area contributed by atoms with Crippen LogP contribution in [0.4, 0.5) is 0 Å². The van der Waals surface area contributed by atoms with Crippen molar-refractivity contribution in [2.24, 2.45) is 5.41 Å². The molecule has 0 saturated heterocycles. The van der Waals surface area contributed by atoms with Crippen molar-refractivity contribution in [3.05, 3.63) is 18.0 Å². The molecule has 0 fully saturated rings. The third-order valence-electron chi connectivity index (χ3n) is 2.38. The summed E-state index contributed by atoms with van der Waals surface area (Å²) in [5.74, 6) is 0. The van der Waals surface area contributed by atoms with E-state index in [0.717, 1.165) is 18.7 Å². The molecule has 3 N–H and O–H groups in total. The van der Waals surface area contributed by atoms with E-state index in [-0.39, 0.29) is 18.6 Å². The molecule has 0 aliphatic heterocycles. The topological polar surface area (TPSA) is 70.3 Å². The summed E-state index contributed by atoms with van der Waals surface area (Å²) in [4.78, 5) is 0. The largest absolute Gasteiger partial charge is 0.396 e. The highest BCUT2D eigenvalue weighted by atomic mass is 16.3. The molecule has 0 saturated carbocycles. The molecule has 1 rings (SSSR count). The van der Waals surface area contributed by atoms with Crippen molar-refractivity contribution in [1.29, 1.82) is 0 Å². The molecule has 16 heavy (non-hydrogen) atoms. The summed E-state index contributed by atoms with van der Waals surface area (Å²) in [5, 5.41) is 25.2. The van der Waals surface area contributed by atoms with E-state index >= 15 is 0 Å². The first-order valence-electron chi connectivity index (χ1n) is 5.51. The fourth-order valence-electron chi connectivity index (χ4n) is 1.32. The van der Waals surface area contributed by atoms with Gasteiger partial charge >= 0.3 is 0 Å². The Bertz CT molecular complexity index is 310. The number of aliphatic hydroxyl groups excluding tert-OH is 2. The number of nitrogens with zero attached hydrogens (tertiary/aromatic N) is 2. The van der Waals surface area contributed by atoms with Crippen molar-refractivity contribution >= 4 is 0 Å². The minimum atomic E-state index is -0.0961. The molecule has 5 nitrogen and oxygen atoms in total. The molecule has 0 bridgehead atoms. The lowest BCUT2D eigenvalue weighted by Gasteiger charge is -2.21. The van der Waals surface area contributed by atoms with Crippen molar-refractivity contribution in [3.63, 3.8) is 0 Å². The van der Waals surface area contributed by atoms with Gasteiger partial charge in [0, 0.05) is 36.9 Å². The summed E-state index contributed by atoms with van der Waals surface area (Å²) < 4.78 is 1.72. The maximum absolute atomic E-state index is 9.08. The first kappa shape index (κ1) is 13.2. The molecule has 0 aromatic carbocycles. The fourth-order valence-corrected chi connectivity index (χ4v) is 1.32. The number of aliphatic hydroxyl groups is 2.